The highest BCUT2D eigenvalue weighted by Gasteiger charge is 2.16. The van der Waals surface area contributed by atoms with Crippen LogP contribution in [-0.4, -0.2) is 35.7 Å². The minimum Gasteiger partial charge on any atom is -0.333 e. The number of carbonyl (C=O) groups excluding carboxylic acids is 3. The fourth-order valence-electron chi connectivity index (χ4n) is 2.47. The Labute approximate surface area is 153 Å². The van der Waals surface area contributed by atoms with Gasteiger partial charge in [-0.05, 0) is 36.8 Å². The number of rotatable bonds is 7. The summed E-state index contributed by atoms with van der Waals surface area (Å²) in [5, 5.41) is 5.42. The Kier molecular flexibility index (Phi) is 6.91. The third-order valence-electron chi connectivity index (χ3n) is 3.76. The van der Waals surface area contributed by atoms with E-state index >= 15 is 0 Å². The van der Waals surface area contributed by atoms with Gasteiger partial charge in [0.25, 0.3) is 0 Å². The van der Waals surface area contributed by atoms with Crippen LogP contribution in [0.2, 0.25) is 0 Å². The van der Waals surface area contributed by atoms with Gasteiger partial charge in [-0.15, -0.1) is 0 Å². The number of nitrogens with one attached hydrogen (secondary N) is 2. The van der Waals surface area contributed by atoms with E-state index in [9.17, 15) is 14.4 Å². The van der Waals surface area contributed by atoms with E-state index < -0.39 is 0 Å². The number of hydrogen-bond acceptors (Lipinski definition) is 3. The molecule has 0 aromatic heterocycles. The van der Waals surface area contributed by atoms with Crippen molar-refractivity contribution in [1.82, 2.24) is 4.90 Å². The Morgan fingerprint density at radius 3 is 2.00 bits per heavy atom. The van der Waals surface area contributed by atoms with E-state index in [0.717, 1.165) is 5.56 Å². The van der Waals surface area contributed by atoms with Crippen LogP contribution in [0.3, 0.4) is 0 Å². The topological polar surface area (TPSA) is 78.5 Å². The predicted octanol–water partition coefficient (Wildman–Crippen LogP) is 2.67. The Morgan fingerprint density at radius 1 is 0.885 bits per heavy atom. The van der Waals surface area contributed by atoms with Gasteiger partial charge >= 0.3 is 0 Å². The minimum atomic E-state index is -0.263. The lowest BCUT2D eigenvalue weighted by Gasteiger charge is -2.20. The summed E-state index contributed by atoms with van der Waals surface area (Å²) in [6.45, 7) is 3.73. The summed E-state index contributed by atoms with van der Waals surface area (Å²) in [5.74, 6) is -0.507. The molecule has 2 N–H and O–H groups in total. The first-order valence-corrected chi connectivity index (χ1v) is 8.47. The molecular formula is C20H23N3O3. The van der Waals surface area contributed by atoms with Crippen molar-refractivity contribution < 1.29 is 14.4 Å². The van der Waals surface area contributed by atoms with Gasteiger partial charge in [0.1, 0.15) is 0 Å². The monoisotopic (exact) mass is 353 g/mol. The third-order valence-corrected chi connectivity index (χ3v) is 3.76. The van der Waals surface area contributed by atoms with E-state index in [4.69, 9.17) is 0 Å². The molecule has 0 bridgehead atoms. The van der Waals surface area contributed by atoms with E-state index in [2.05, 4.69) is 10.6 Å². The summed E-state index contributed by atoms with van der Waals surface area (Å²) >= 11 is 0. The van der Waals surface area contributed by atoms with Crippen molar-refractivity contribution in [1.29, 1.82) is 0 Å². The van der Waals surface area contributed by atoms with Gasteiger partial charge in [0, 0.05) is 24.8 Å². The van der Waals surface area contributed by atoms with E-state index in [0.29, 0.717) is 17.9 Å². The van der Waals surface area contributed by atoms with Crippen LogP contribution in [0.1, 0.15) is 19.4 Å². The molecule has 0 aliphatic heterocycles. The van der Waals surface area contributed by atoms with Crippen LogP contribution in [0.4, 0.5) is 11.4 Å². The second-order valence-corrected chi connectivity index (χ2v) is 5.88. The second-order valence-electron chi connectivity index (χ2n) is 5.88. The molecule has 0 heterocycles. The highest BCUT2D eigenvalue weighted by atomic mass is 16.2. The Bertz CT molecular complexity index is 758. The molecule has 0 saturated heterocycles. The molecular weight excluding hydrogens is 330 g/mol. The highest BCUT2D eigenvalue weighted by molar-refractivity contribution is 5.95. The first kappa shape index (κ1) is 19.2. The van der Waals surface area contributed by atoms with Crippen LogP contribution in [0.25, 0.3) is 0 Å². The van der Waals surface area contributed by atoms with Crippen LogP contribution >= 0.6 is 0 Å². The number of nitrogens with zero attached hydrogens (tertiary/aromatic N) is 1. The lowest BCUT2D eigenvalue weighted by Crippen LogP contribution is -2.38. The van der Waals surface area contributed by atoms with Crippen LogP contribution in [-0.2, 0) is 20.8 Å². The van der Waals surface area contributed by atoms with Crippen LogP contribution in [0, 0.1) is 0 Å². The van der Waals surface area contributed by atoms with Crippen LogP contribution in [0.5, 0.6) is 0 Å². The molecule has 26 heavy (non-hydrogen) atoms. The Balaban J connectivity index is 1.90. The first-order chi connectivity index (χ1) is 12.5. The molecule has 2 aromatic rings. The molecule has 0 radical (unpaired) electrons. The second kappa shape index (κ2) is 9.36. The third kappa shape index (κ3) is 6.05. The molecule has 2 rings (SSSR count). The maximum absolute atomic E-state index is 12.4. The van der Waals surface area contributed by atoms with Crippen molar-refractivity contribution in [3.63, 3.8) is 0 Å². The first-order valence-electron chi connectivity index (χ1n) is 8.47. The van der Waals surface area contributed by atoms with Gasteiger partial charge < -0.3 is 15.5 Å². The standard InChI is InChI=1S/C20H23N3O3/c1-3-23(20(26)13-16-7-5-4-6-8-16)14-19(25)22-18-11-9-17(10-12-18)21-15(2)24/h4-12H,3,13-14H2,1-2H3,(H,21,24)(H,22,25). The van der Waals surface area contributed by atoms with Crippen molar-refractivity contribution in [2.45, 2.75) is 20.3 Å². The van der Waals surface area contributed by atoms with Crippen LogP contribution in [0.15, 0.2) is 54.6 Å². The van der Waals surface area contributed by atoms with E-state index in [-0.39, 0.29) is 30.7 Å². The average Bonchev–Trinajstić information content (AvgIpc) is 2.61. The number of likely N-dealkylation sites (N-methyl/N-ethyl adjacent to an activating group) is 1. The zero-order valence-corrected chi connectivity index (χ0v) is 15.0. The number of amides is 3. The van der Waals surface area contributed by atoms with E-state index in [1.165, 1.54) is 11.8 Å². The maximum Gasteiger partial charge on any atom is 0.243 e. The zero-order valence-electron chi connectivity index (χ0n) is 15.0. The molecule has 0 aliphatic rings. The summed E-state index contributed by atoms with van der Waals surface area (Å²) in [6, 6.07) is 16.3. The van der Waals surface area contributed by atoms with E-state index in [1.54, 1.807) is 24.3 Å². The number of carbonyl (C=O) groups is 3. The largest absolute Gasteiger partial charge is 0.333 e. The van der Waals surface area contributed by atoms with Crippen molar-refractivity contribution >= 4 is 29.1 Å². The lowest BCUT2D eigenvalue weighted by molar-refractivity contribution is -0.133. The van der Waals surface area contributed by atoms with Gasteiger partial charge in [0.15, 0.2) is 0 Å². The van der Waals surface area contributed by atoms with Crippen molar-refractivity contribution in [2.75, 3.05) is 23.7 Å². The summed E-state index contributed by atoms with van der Waals surface area (Å²) in [4.78, 5) is 37.1. The van der Waals surface area contributed by atoms with Crippen molar-refractivity contribution in [3.8, 4) is 0 Å². The van der Waals surface area contributed by atoms with Gasteiger partial charge in [-0.1, -0.05) is 30.3 Å². The van der Waals surface area contributed by atoms with Gasteiger partial charge in [-0.2, -0.15) is 0 Å². The smallest absolute Gasteiger partial charge is 0.243 e. The molecule has 0 aliphatic carbocycles. The molecule has 136 valence electrons. The maximum atomic E-state index is 12.4. The van der Waals surface area contributed by atoms with Gasteiger partial charge in [0.05, 0.1) is 13.0 Å². The van der Waals surface area contributed by atoms with Crippen LogP contribution < -0.4 is 10.6 Å². The average molecular weight is 353 g/mol. The minimum absolute atomic E-state index is 0.00435. The fourth-order valence-corrected chi connectivity index (χ4v) is 2.47. The highest BCUT2D eigenvalue weighted by Crippen LogP contribution is 2.13. The Morgan fingerprint density at radius 2 is 1.46 bits per heavy atom. The molecule has 3 amide bonds. The molecule has 0 spiro atoms. The summed E-state index contributed by atoms with van der Waals surface area (Å²) < 4.78 is 0. The number of hydrogen-bond donors (Lipinski definition) is 2. The number of anilines is 2. The fraction of sp³-hybridized carbons (Fsp3) is 0.250. The quantitative estimate of drug-likeness (QED) is 0.803. The number of benzene rings is 2. The van der Waals surface area contributed by atoms with Gasteiger partial charge in [0.2, 0.25) is 17.7 Å². The summed E-state index contributed by atoms with van der Waals surface area (Å²) in [5.41, 5.74) is 2.18. The Hall–Kier alpha value is -3.15. The zero-order chi connectivity index (χ0) is 18.9. The van der Waals surface area contributed by atoms with Crippen molar-refractivity contribution in [3.05, 3.63) is 60.2 Å². The lowest BCUT2D eigenvalue weighted by atomic mass is 10.1. The molecule has 0 unspecified atom stereocenters. The predicted molar refractivity (Wildman–Crippen MR) is 102 cm³/mol. The molecule has 0 fully saturated rings. The summed E-state index contributed by atoms with van der Waals surface area (Å²) in [6.07, 6.45) is 0.271. The molecule has 6 heteroatoms. The van der Waals surface area contributed by atoms with Gasteiger partial charge in [-0.3, -0.25) is 14.4 Å². The SMILES string of the molecule is CCN(CC(=O)Nc1ccc(NC(C)=O)cc1)C(=O)Cc1ccccc1. The van der Waals surface area contributed by atoms with E-state index in [1.807, 2.05) is 37.3 Å². The molecule has 0 atom stereocenters. The molecule has 2 aromatic carbocycles. The summed E-state index contributed by atoms with van der Waals surface area (Å²) in [7, 11) is 0. The normalized spacial score (nSPS) is 10.1. The van der Waals surface area contributed by atoms with Crippen molar-refractivity contribution in [2.24, 2.45) is 0 Å². The molecule has 6 nitrogen and oxygen atoms in total. The molecule has 0 saturated carbocycles. The van der Waals surface area contributed by atoms with Gasteiger partial charge in [-0.25, -0.2) is 0 Å².